The molecule has 0 saturated carbocycles. The standard InChI is InChI=1S/C14H21F2NOS/c1-3-7-17-14(2,10-18)6-8-19-11-4-5-12(15)13(16)9-11/h4-5,9,17-18H,3,6-8,10H2,1-2H3. The van der Waals surface area contributed by atoms with Gasteiger partial charge in [0.1, 0.15) is 0 Å². The first-order valence-corrected chi connectivity index (χ1v) is 7.43. The zero-order chi connectivity index (χ0) is 14.3. The average molecular weight is 289 g/mol. The summed E-state index contributed by atoms with van der Waals surface area (Å²) in [6.45, 7) is 4.95. The van der Waals surface area contributed by atoms with Crippen molar-refractivity contribution in [1.29, 1.82) is 0 Å². The third-order valence-corrected chi connectivity index (χ3v) is 3.96. The normalized spacial score (nSPS) is 14.4. The lowest BCUT2D eigenvalue weighted by atomic mass is 10.0. The molecule has 0 radical (unpaired) electrons. The van der Waals surface area contributed by atoms with E-state index >= 15 is 0 Å². The topological polar surface area (TPSA) is 32.3 Å². The molecule has 0 aliphatic rings. The largest absolute Gasteiger partial charge is 0.394 e. The quantitative estimate of drug-likeness (QED) is 0.721. The van der Waals surface area contributed by atoms with Crippen LogP contribution in [0.25, 0.3) is 0 Å². The van der Waals surface area contributed by atoms with E-state index in [-0.39, 0.29) is 12.1 Å². The molecule has 0 amide bonds. The summed E-state index contributed by atoms with van der Waals surface area (Å²) in [6, 6.07) is 3.91. The van der Waals surface area contributed by atoms with E-state index in [0.717, 1.165) is 31.2 Å². The lowest BCUT2D eigenvalue weighted by Gasteiger charge is -2.28. The number of thioether (sulfide) groups is 1. The molecular formula is C14H21F2NOS. The number of benzene rings is 1. The van der Waals surface area contributed by atoms with Crippen LogP contribution in [0.3, 0.4) is 0 Å². The third-order valence-electron chi connectivity index (χ3n) is 2.96. The van der Waals surface area contributed by atoms with Crippen LogP contribution < -0.4 is 5.32 Å². The van der Waals surface area contributed by atoms with E-state index in [4.69, 9.17) is 0 Å². The van der Waals surface area contributed by atoms with Crippen molar-refractivity contribution in [3.8, 4) is 0 Å². The molecule has 1 aromatic rings. The van der Waals surface area contributed by atoms with Crippen molar-refractivity contribution in [2.24, 2.45) is 0 Å². The Morgan fingerprint density at radius 3 is 2.63 bits per heavy atom. The first-order valence-electron chi connectivity index (χ1n) is 6.44. The highest BCUT2D eigenvalue weighted by molar-refractivity contribution is 7.99. The minimum absolute atomic E-state index is 0.0609. The first-order chi connectivity index (χ1) is 9.00. The van der Waals surface area contributed by atoms with Gasteiger partial charge in [-0.25, -0.2) is 8.78 Å². The van der Waals surface area contributed by atoms with Crippen molar-refractivity contribution in [2.45, 2.75) is 37.1 Å². The van der Waals surface area contributed by atoms with Gasteiger partial charge in [0, 0.05) is 10.4 Å². The molecule has 0 fully saturated rings. The number of hydrogen-bond acceptors (Lipinski definition) is 3. The maximum absolute atomic E-state index is 13.0. The fourth-order valence-electron chi connectivity index (χ4n) is 1.61. The van der Waals surface area contributed by atoms with Crippen LogP contribution in [0.5, 0.6) is 0 Å². The fraction of sp³-hybridized carbons (Fsp3) is 0.571. The molecule has 0 aliphatic heterocycles. The number of rotatable bonds is 8. The van der Waals surface area contributed by atoms with Crippen molar-refractivity contribution in [3.63, 3.8) is 0 Å². The predicted molar refractivity (Wildman–Crippen MR) is 75.5 cm³/mol. The fourth-order valence-corrected chi connectivity index (χ4v) is 2.75. The molecular weight excluding hydrogens is 268 g/mol. The van der Waals surface area contributed by atoms with Gasteiger partial charge in [-0.15, -0.1) is 11.8 Å². The highest BCUT2D eigenvalue weighted by Crippen LogP contribution is 2.23. The van der Waals surface area contributed by atoms with Gasteiger partial charge in [0.15, 0.2) is 11.6 Å². The van der Waals surface area contributed by atoms with Gasteiger partial charge in [0.2, 0.25) is 0 Å². The van der Waals surface area contributed by atoms with Crippen LogP contribution in [-0.2, 0) is 0 Å². The van der Waals surface area contributed by atoms with Gasteiger partial charge in [0.25, 0.3) is 0 Å². The Morgan fingerprint density at radius 2 is 2.05 bits per heavy atom. The van der Waals surface area contributed by atoms with Crippen molar-refractivity contribution >= 4 is 11.8 Å². The Hall–Kier alpha value is -0.650. The van der Waals surface area contributed by atoms with Crippen molar-refractivity contribution in [1.82, 2.24) is 5.32 Å². The number of nitrogens with one attached hydrogen (secondary N) is 1. The second kappa shape index (κ2) is 7.82. The lowest BCUT2D eigenvalue weighted by Crippen LogP contribution is -2.46. The molecule has 1 rings (SSSR count). The van der Waals surface area contributed by atoms with Gasteiger partial charge in [0.05, 0.1) is 6.61 Å². The zero-order valence-corrected chi connectivity index (χ0v) is 12.2. The molecule has 2 nitrogen and oxygen atoms in total. The zero-order valence-electron chi connectivity index (χ0n) is 11.4. The van der Waals surface area contributed by atoms with Gasteiger partial charge in [-0.2, -0.15) is 0 Å². The van der Waals surface area contributed by atoms with Gasteiger partial charge in [-0.05, 0) is 50.3 Å². The minimum atomic E-state index is -0.825. The second-order valence-electron chi connectivity index (χ2n) is 4.82. The van der Waals surface area contributed by atoms with Gasteiger partial charge >= 0.3 is 0 Å². The first kappa shape index (κ1) is 16.4. The minimum Gasteiger partial charge on any atom is -0.394 e. The second-order valence-corrected chi connectivity index (χ2v) is 5.99. The van der Waals surface area contributed by atoms with Crippen molar-refractivity contribution in [2.75, 3.05) is 18.9 Å². The molecule has 0 heterocycles. The van der Waals surface area contributed by atoms with E-state index < -0.39 is 11.6 Å². The molecule has 5 heteroatoms. The highest BCUT2D eigenvalue weighted by Gasteiger charge is 2.21. The predicted octanol–water partition coefficient (Wildman–Crippen LogP) is 3.20. The van der Waals surface area contributed by atoms with E-state index in [0.29, 0.717) is 4.90 Å². The molecule has 1 aromatic carbocycles. The van der Waals surface area contributed by atoms with E-state index in [2.05, 4.69) is 12.2 Å². The Labute approximate surface area is 117 Å². The third kappa shape index (κ3) is 5.47. The number of aliphatic hydroxyl groups is 1. The molecule has 108 valence electrons. The van der Waals surface area contributed by atoms with Crippen LogP contribution in [0.2, 0.25) is 0 Å². The summed E-state index contributed by atoms with van der Waals surface area (Å²) in [5.41, 5.74) is -0.318. The molecule has 0 aromatic heterocycles. The molecule has 0 spiro atoms. The van der Waals surface area contributed by atoms with Gasteiger partial charge in [-0.3, -0.25) is 0 Å². The summed E-state index contributed by atoms with van der Waals surface area (Å²) in [7, 11) is 0. The van der Waals surface area contributed by atoms with Crippen LogP contribution >= 0.6 is 11.8 Å². The summed E-state index contributed by atoms with van der Waals surface area (Å²) in [5.74, 6) is -0.910. The van der Waals surface area contributed by atoms with E-state index in [9.17, 15) is 13.9 Å². The summed E-state index contributed by atoms with van der Waals surface area (Å²) in [5, 5.41) is 12.7. The monoisotopic (exact) mass is 289 g/mol. The number of aliphatic hydroxyl groups excluding tert-OH is 1. The summed E-state index contributed by atoms with van der Waals surface area (Å²) < 4.78 is 25.8. The van der Waals surface area contributed by atoms with Crippen LogP contribution in [0, 0.1) is 11.6 Å². The molecule has 19 heavy (non-hydrogen) atoms. The number of hydrogen-bond donors (Lipinski definition) is 2. The van der Waals surface area contributed by atoms with E-state index in [1.165, 1.54) is 17.8 Å². The number of halogens is 2. The van der Waals surface area contributed by atoms with Gasteiger partial charge < -0.3 is 10.4 Å². The molecule has 1 unspecified atom stereocenters. The van der Waals surface area contributed by atoms with E-state index in [1.54, 1.807) is 6.07 Å². The maximum Gasteiger partial charge on any atom is 0.159 e. The maximum atomic E-state index is 13.0. The van der Waals surface area contributed by atoms with Crippen LogP contribution in [0.4, 0.5) is 8.78 Å². The Balaban J connectivity index is 2.45. The molecule has 0 aliphatic carbocycles. The molecule has 2 N–H and O–H groups in total. The van der Waals surface area contributed by atoms with Gasteiger partial charge in [-0.1, -0.05) is 6.92 Å². The molecule has 0 saturated heterocycles. The smallest absolute Gasteiger partial charge is 0.159 e. The summed E-state index contributed by atoms with van der Waals surface area (Å²) in [6.07, 6.45) is 1.76. The van der Waals surface area contributed by atoms with Crippen molar-refractivity contribution < 1.29 is 13.9 Å². The van der Waals surface area contributed by atoms with Crippen LogP contribution in [-0.4, -0.2) is 29.5 Å². The molecule has 0 bridgehead atoms. The van der Waals surface area contributed by atoms with Crippen LogP contribution in [0.15, 0.2) is 23.1 Å². The lowest BCUT2D eigenvalue weighted by molar-refractivity contribution is 0.171. The average Bonchev–Trinajstić information content (AvgIpc) is 2.40. The Bertz CT molecular complexity index is 403. The summed E-state index contributed by atoms with van der Waals surface area (Å²) in [4.78, 5) is 0.703. The van der Waals surface area contributed by atoms with Crippen molar-refractivity contribution in [3.05, 3.63) is 29.8 Å². The Kier molecular flexibility index (Phi) is 6.75. The Morgan fingerprint density at radius 1 is 1.32 bits per heavy atom. The highest BCUT2D eigenvalue weighted by atomic mass is 32.2. The summed E-state index contributed by atoms with van der Waals surface area (Å²) >= 11 is 1.46. The molecule has 1 atom stereocenters. The van der Waals surface area contributed by atoms with E-state index in [1.807, 2.05) is 6.92 Å². The van der Waals surface area contributed by atoms with Crippen LogP contribution in [0.1, 0.15) is 26.7 Å². The SMILES string of the molecule is CCCNC(C)(CO)CCSc1ccc(F)c(F)c1.